The van der Waals surface area contributed by atoms with Gasteiger partial charge in [-0.15, -0.1) is 0 Å². The van der Waals surface area contributed by atoms with Crippen LogP contribution in [0.1, 0.15) is 29.2 Å². The van der Waals surface area contributed by atoms with Gasteiger partial charge in [-0.05, 0) is 18.9 Å². The standard InChI is InChI=1S/C19H20N2O4/c22-16-10-4-5-11-21(16)17(18(23)14-7-2-1-3-8-14)19(24)20-13-15-9-6-12-25-15/h1-5,7-8,10-11,15,17H,6,9,12-13H2,(H,20,24)/t15-,17-/m0/s1. The minimum Gasteiger partial charge on any atom is -0.376 e. The van der Waals surface area contributed by atoms with E-state index >= 15 is 0 Å². The van der Waals surface area contributed by atoms with Gasteiger partial charge in [-0.3, -0.25) is 19.0 Å². The maximum Gasteiger partial charge on any atom is 0.251 e. The van der Waals surface area contributed by atoms with Gasteiger partial charge in [0.15, 0.2) is 11.8 Å². The fourth-order valence-corrected chi connectivity index (χ4v) is 2.90. The Morgan fingerprint density at radius 3 is 2.60 bits per heavy atom. The molecule has 1 aliphatic rings. The number of benzene rings is 1. The number of amides is 1. The van der Waals surface area contributed by atoms with Gasteiger partial charge in [0.1, 0.15) is 0 Å². The maximum atomic E-state index is 12.9. The fourth-order valence-electron chi connectivity index (χ4n) is 2.90. The van der Waals surface area contributed by atoms with Crippen molar-refractivity contribution in [2.45, 2.75) is 25.0 Å². The molecule has 2 atom stereocenters. The van der Waals surface area contributed by atoms with E-state index in [4.69, 9.17) is 4.74 Å². The molecule has 0 bridgehead atoms. The molecule has 3 rings (SSSR count). The van der Waals surface area contributed by atoms with Crippen molar-refractivity contribution in [3.05, 3.63) is 70.6 Å². The van der Waals surface area contributed by atoms with Gasteiger partial charge in [0, 0.05) is 31.0 Å². The van der Waals surface area contributed by atoms with Crippen LogP contribution in [-0.4, -0.2) is 35.5 Å². The smallest absolute Gasteiger partial charge is 0.251 e. The van der Waals surface area contributed by atoms with Crippen LogP contribution in [0.25, 0.3) is 0 Å². The van der Waals surface area contributed by atoms with E-state index in [1.54, 1.807) is 42.5 Å². The van der Waals surface area contributed by atoms with Crippen LogP contribution in [0.4, 0.5) is 0 Å². The monoisotopic (exact) mass is 340 g/mol. The van der Waals surface area contributed by atoms with E-state index in [-0.39, 0.29) is 6.10 Å². The molecule has 0 aliphatic carbocycles. The number of Topliss-reactive ketones (excluding diaryl/α,β-unsaturated/α-hetero) is 1. The van der Waals surface area contributed by atoms with Gasteiger partial charge in [-0.1, -0.05) is 36.4 Å². The highest BCUT2D eigenvalue weighted by Gasteiger charge is 2.30. The summed E-state index contributed by atoms with van der Waals surface area (Å²) in [7, 11) is 0. The average molecular weight is 340 g/mol. The van der Waals surface area contributed by atoms with Gasteiger partial charge in [0.05, 0.1) is 6.10 Å². The Morgan fingerprint density at radius 2 is 1.92 bits per heavy atom. The molecule has 25 heavy (non-hydrogen) atoms. The first-order chi connectivity index (χ1) is 12.2. The first-order valence-corrected chi connectivity index (χ1v) is 8.32. The van der Waals surface area contributed by atoms with Crippen LogP contribution >= 0.6 is 0 Å². The van der Waals surface area contributed by atoms with Gasteiger partial charge in [0.2, 0.25) is 0 Å². The molecule has 1 aromatic heterocycles. The Kier molecular flexibility index (Phi) is 5.40. The summed E-state index contributed by atoms with van der Waals surface area (Å²) < 4.78 is 6.66. The Balaban J connectivity index is 1.86. The molecule has 0 radical (unpaired) electrons. The van der Waals surface area contributed by atoms with Crippen LogP contribution in [0, 0.1) is 0 Å². The summed E-state index contributed by atoms with van der Waals surface area (Å²) in [5.41, 5.74) is -0.0143. The van der Waals surface area contributed by atoms with E-state index in [2.05, 4.69) is 5.32 Å². The summed E-state index contributed by atoms with van der Waals surface area (Å²) in [4.78, 5) is 37.8. The lowest BCUT2D eigenvalue weighted by Crippen LogP contribution is -2.43. The Labute approximate surface area is 145 Å². The molecule has 1 aliphatic heterocycles. The predicted octanol–water partition coefficient (Wildman–Crippen LogP) is 1.57. The number of aromatic nitrogens is 1. The van der Waals surface area contributed by atoms with Crippen molar-refractivity contribution in [2.75, 3.05) is 13.2 Å². The summed E-state index contributed by atoms with van der Waals surface area (Å²) >= 11 is 0. The second-order valence-electron chi connectivity index (χ2n) is 5.96. The zero-order chi connectivity index (χ0) is 17.6. The number of pyridine rings is 1. The van der Waals surface area contributed by atoms with Crippen molar-refractivity contribution in [3.63, 3.8) is 0 Å². The predicted molar refractivity (Wildman–Crippen MR) is 92.5 cm³/mol. The van der Waals surface area contributed by atoms with Crippen LogP contribution in [0.2, 0.25) is 0 Å². The van der Waals surface area contributed by atoms with Crippen LogP contribution in [0.15, 0.2) is 59.5 Å². The van der Waals surface area contributed by atoms with Gasteiger partial charge in [-0.25, -0.2) is 0 Å². The molecule has 1 amide bonds. The Hall–Kier alpha value is -2.73. The number of rotatable bonds is 6. The normalized spacial score (nSPS) is 17.8. The summed E-state index contributed by atoms with van der Waals surface area (Å²) in [6.45, 7) is 1.02. The second-order valence-corrected chi connectivity index (χ2v) is 5.96. The lowest BCUT2D eigenvalue weighted by molar-refractivity contribution is -0.123. The number of ketones is 1. The molecule has 1 fully saturated rings. The molecule has 1 N–H and O–H groups in total. The van der Waals surface area contributed by atoms with Crippen LogP contribution in [-0.2, 0) is 9.53 Å². The molecule has 0 unspecified atom stereocenters. The van der Waals surface area contributed by atoms with Crippen molar-refractivity contribution < 1.29 is 14.3 Å². The van der Waals surface area contributed by atoms with E-state index in [9.17, 15) is 14.4 Å². The highest BCUT2D eigenvalue weighted by molar-refractivity contribution is 6.11. The lowest BCUT2D eigenvalue weighted by Gasteiger charge is -2.19. The van der Waals surface area contributed by atoms with Gasteiger partial charge in [-0.2, -0.15) is 0 Å². The highest BCUT2D eigenvalue weighted by Crippen LogP contribution is 2.15. The second kappa shape index (κ2) is 7.90. The molecule has 6 nitrogen and oxygen atoms in total. The largest absolute Gasteiger partial charge is 0.376 e. The highest BCUT2D eigenvalue weighted by atomic mass is 16.5. The van der Waals surface area contributed by atoms with E-state index in [1.807, 2.05) is 0 Å². The van der Waals surface area contributed by atoms with Crippen LogP contribution < -0.4 is 10.9 Å². The Morgan fingerprint density at radius 1 is 1.16 bits per heavy atom. The maximum absolute atomic E-state index is 12.9. The number of nitrogens with zero attached hydrogens (tertiary/aromatic N) is 1. The lowest BCUT2D eigenvalue weighted by atomic mass is 10.0. The number of carbonyl (C=O) groups is 2. The van der Waals surface area contributed by atoms with E-state index in [0.29, 0.717) is 18.7 Å². The first kappa shape index (κ1) is 17.1. The molecular weight excluding hydrogens is 320 g/mol. The summed E-state index contributed by atoms with van der Waals surface area (Å²) in [6, 6.07) is 11.8. The third-order valence-electron chi connectivity index (χ3n) is 4.21. The molecule has 130 valence electrons. The number of nitrogens with one attached hydrogen (secondary N) is 1. The third-order valence-corrected chi connectivity index (χ3v) is 4.21. The number of ether oxygens (including phenoxy) is 1. The van der Waals surface area contributed by atoms with Gasteiger partial charge >= 0.3 is 0 Å². The van der Waals surface area contributed by atoms with Crippen molar-refractivity contribution in [1.29, 1.82) is 0 Å². The topological polar surface area (TPSA) is 77.4 Å². The molecule has 2 heterocycles. The summed E-state index contributed by atoms with van der Waals surface area (Å²) in [6.07, 6.45) is 3.26. The first-order valence-electron chi connectivity index (χ1n) is 8.32. The fraction of sp³-hybridized carbons (Fsp3) is 0.316. The quantitative estimate of drug-likeness (QED) is 0.640. The molecule has 2 aromatic rings. The summed E-state index contributed by atoms with van der Waals surface area (Å²) in [5.74, 6) is -0.920. The Bertz CT molecular complexity index is 794. The number of hydrogen-bond acceptors (Lipinski definition) is 4. The minimum atomic E-state index is -1.24. The average Bonchev–Trinajstić information content (AvgIpc) is 3.16. The molecule has 0 saturated carbocycles. The molecule has 1 aromatic carbocycles. The van der Waals surface area contributed by atoms with E-state index < -0.39 is 23.3 Å². The van der Waals surface area contributed by atoms with E-state index in [0.717, 1.165) is 12.8 Å². The number of carbonyl (C=O) groups excluding carboxylic acids is 2. The third kappa shape index (κ3) is 4.03. The molecule has 1 saturated heterocycles. The van der Waals surface area contributed by atoms with E-state index in [1.165, 1.54) is 16.8 Å². The molecule has 0 spiro atoms. The minimum absolute atomic E-state index is 0.0380. The van der Waals surface area contributed by atoms with Crippen LogP contribution in [0.5, 0.6) is 0 Å². The molecular formula is C19H20N2O4. The van der Waals surface area contributed by atoms with Gasteiger partial charge in [0.25, 0.3) is 11.5 Å². The zero-order valence-corrected chi connectivity index (χ0v) is 13.8. The number of hydrogen-bond donors (Lipinski definition) is 1. The zero-order valence-electron chi connectivity index (χ0n) is 13.8. The SMILES string of the molecule is O=C(NC[C@@H]1CCCO1)[C@H](C(=O)c1ccccc1)n1ccccc1=O. The van der Waals surface area contributed by atoms with Crippen molar-refractivity contribution in [2.24, 2.45) is 0 Å². The van der Waals surface area contributed by atoms with Crippen molar-refractivity contribution >= 4 is 11.7 Å². The van der Waals surface area contributed by atoms with Crippen molar-refractivity contribution in [3.8, 4) is 0 Å². The summed E-state index contributed by atoms with van der Waals surface area (Å²) in [5, 5.41) is 2.76. The van der Waals surface area contributed by atoms with Crippen molar-refractivity contribution in [1.82, 2.24) is 9.88 Å². The van der Waals surface area contributed by atoms with Gasteiger partial charge < -0.3 is 10.1 Å². The molecule has 6 heteroatoms. The van der Waals surface area contributed by atoms with Crippen LogP contribution in [0.3, 0.4) is 0 Å².